The molecule has 0 aliphatic heterocycles. The molecule has 0 aromatic carbocycles. The van der Waals surface area contributed by atoms with Gasteiger partial charge in [0, 0.05) is 20.2 Å². The van der Waals surface area contributed by atoms with Gasteiger partial charge in [0.15, 0.2) is 0 Å². The first-order valence-electron chi connectivity index (χ1n) is 5.97. The number of pyridine rings is 1. The van der Waals surface area contributed by atoms with Crippen molar-refractivity contribution in [2.75, 3.05) is 0 Å². The van der Waals surface area contributed by atoms with Gasteiger partial charge in [-0.15, -0.1) is 0 Å². The molecule has 0 aliphatic rings. The van der Waals surface area contributed by atoms with Crippen molar-refractivity contribution in [2.24, 2.45) is 14.1 Å². The zero-order valence-electron chi connectivity index (χ0n) is 11.6. The van der Waals surface area contributed by atoms with E-state index in [1.807, 2.05) is 31.5 Å². The molecule has 0 unspecified atom stereocenters. The maximum atomic E-state index is 12.3. The van der Waals surface area contributed by atoms with Crippen molar-refractivity contribution in [3.63, 3.8) is 0 Å². The van der Waals surface area contributed by atoms with Crippen LogP contribution in [0.1, 0.15) is 18.6 Å². The highest BCUT2D eigenvalue weighted by Crippen LogP contribution is 2.27. The molecule has 7 heteroatoms. The summed E-state index contributed by atoms with van der Waals surface area (Å²) < 4.78 is 32.8. The summed E-state index contributed by atoms with van der Waals surface area (Å²) in [6.45, 7) is 0.989. The maximum absolute atomic E-state index is 12.3. The molecule has 2 aromatic rings. The number of aromatic nitrogens is 3. The second-order valence-corrected chi connectivity index (χ2v) is 4.98. The maximum Gasteiger partial charge on any atom is 0.388 e. The lowest BCUT2D eigenvalue weighted by atomic mass is 10.1. The number of rotatable bonds is 3. The molecule has 0 fully saturated rings. The zero-order valence-corrected chi connectivity index (χ0v) is 12.5. The van der Waals surface area contributed by atoms with Crippen LogP contribution in [0.2, 0.25) is 0 Å². The minimum Gasteiger partial charge on any atom is -0.417 e. The largest absolute Gasteiger partial charge is 0.417 e. The lowest BCUT2D eigenvalue weighted by Crippen LogP contribution is -2.06. The third-order valence-corrected chi connectivity index (χ3v) is 3.67. The van der Waals surface area contributed by atoms with Gasteiger partial charge < -0.3 is 9.30 Å². The van der Waals surface area contributed by atoms with E-state index in [1.54, 1.807) is 7.05 Å². The Labute approximate surface area is 128 Å². The average molecular weight is 315 g/mol. The van der Waals surface area contributed by atoms with Gasteiger partial charge in [0.05, 0.1) is 5.69 Å². The molecule has 0 aliphatic carbocycles. The molecule has 2 aromatic heterocycles. The molecule has 2 heterocycles. The van der Waals surface area contributed by atoms with Crippen molar-refractivity contribution in [3.05, 3.63) is 27.9 Å². The van der Waals surface area contributed by atoms with Gasteiger partial charge in [-0.2, -0.15) is 13.9 Å². The van der Waals surface area contributed by atoms with Crippen LogP contribution in [-0.2, 0) is 14.1 Å². The van der Waals surface area contributed by atoms with Crippen LogP contribution in [-0.4, -0.2) is 21.0 Å². The molecule has 0 bridgehead atoms. The fourth-order valence-corrected chi connectivity index (χ4v) is 2.38. The highest BCUT2D eigenvalue weighted by molar-refractivity contribution is 7.71. The summed E-state index contributed by atoms with van der Waals surface area (Å²) in [6, 6.07) is 3.44. The third kappa shape index (κ3) is 3.29. The van der Waals surface area contributed by atoms with Gasteiger partial charge in [-0.05, 0) is 25.0 Å². The number of hydrogen-bond donors (Lipinski definition) is 0. The average Bonchev–Trinajstić information content (AvgIpc) is 2.67. The van der Waals surface area contributed by atoms with E-state index >= 15 is 0 Å². The Bertz CT molecular complexity index is 707. The summed E-state index contributed by atoms with van der Waals surface area (Å²) >= 11 is 5.33. The van der Waals surface area contributed by atoms with Gasteiger partial charge in [-0.1, -0.05) is 25.7 Å². The monoisotopic (exact) mass is 315 g/mol. The van der Waals surface area contributed by atoms with E-state index in [0.717, 1.165) is 16.8 Å². The van der Waals surface area contributed by atoms with Crippen LogP contribution in [0.15, 0.2) is 12.1 Å². The van der Waals surface area contributed by atoms with Crippen molar-refractivity contribution in [1.29, 1.82) is 0 Å². The summed E-state index contributed by atoms with van der Waals surface area (Å²) in [6.07, 6.45) is 0. The Kier molecular flexibility index (Phi) is 5.22. The molecule has 0 atom stereocenters. The van der Waals surface area contributed by atoms with Crippen molar-refractivity contribution < 1.29 is 13.5 Å². The zero-order chi connectivity index (χ0) is 15.0. The lowest BCUT2D eigenvalue weighted by Gasteiger charge is -2.12. The molecule has 4 nitrogen and oxygen atoms in total. The van der Waals surface area contributed by atoms with Crippen LogP contribution >= 0.6 is 12.2 Å². The van der Waals surface area contributed by atoms with Crippen LogP contribution in [0.25, 0.3) is 11.4 Å². The number of alkyl halides is 2. The van der Waals surface area contributed by atoms with Gasteiger partial charge in [-0.25, -0.2) is 4.68 Å². The molecule has 116 valence electrons. The van der Waals surface area contributed by atoms with E-state index in [0.29, 0.717) is 10.3 Å². The first-order valence-corrected chi connectivity index (χ1v) is 6.38. The second kappa shape index (κ2) is 6.34. The summed E-state index contributed by atoms with van der Waals surface area (Å²) in [5, 5.41) is 4.22. The molecule has 0 radical (unpaired) electrons. The molecule has 0 saturated carbocycles. The highest BCUT2D eigenvalue weighted by atomic mass is 32.1. The van der Waals surface area contributed by atoms with E-state index in [4.69, 9.17) is 12.2 Å². The number of ether oxygens (including phenoxy) is 1. The predicted molar refractivity (Wildman–Crippen MR) is 81.3 cm³/mol. The lowest BCUT2D eigenvalue weighted by molar-refractivity contribution is -0.0553. The number of nitrogens with zero attached hydrogens (tertiary/aromatic N) is 3. The number of halogens is 2. The topological polar surface area (TPSA) is 32.0 Å². The van der Waals surface area contributed by atoms with Crippen LogP contribution < -0.4 is 4.74 Å². The first kappa shape index (κ1) is 17.3. The smallest absolute Gasteiger partial charge is 0.388 e. The standard InChI is InChI=1S/C13H15F2N3OS.CH4/c1-7-5-8(2)12(20)17(3)11(7)9-6-10(18(4)16-9)19-13(14)15;/h5-6,13H,1-4H3;1H4. The summed E-state index contributed by atoms with van der Waals surface area (Å²) in [7, 11) is 3.39. The van der Waals surface area contributed by atoms with Crippen molar-refractivity contribution in [3.8, 4) is 17.3 Å². The summed E-state index contributed by atoms with van der Waals surface area (Å²) in [4.78, 5) is 0. The molecule has 0 amide bonds. The molecule has 2 rings (SSSR count). The SMILES string of the molecule is C.Cc1cc(C)c(=S)n(C)c1-c1cc(OC(F)F)n(C)n1. The normalized spacial score (nSPS) is 10.6. The van der Waals surface area contributed by atoms with Crippen LogP contribution in [0.4, 0.5) is 8.78 Å². The van der Waals surface area contributed by atoms with E-state index in [1.165, 1.54) is 10.7 Å². The molecular formula is C14H19F2N3OS. The van der Waals surface area contributed by atoms with E-state index in [-0.39, 0.29) is 13.3 Å². The van der Waals surface area contributed by atoms with Gasteiger partial charge in [0.25, 0.3) is 0 Å². The van der Waals surface area contributed by atoms with Crippen LogP contribution in [0.5, 0.6) is 5.88 Å². The minimum atomic E-state index is -2.87. The fourth-order valence-electron chi connectivity index (χ4n) is 2.23. The van der Waals surface area contributed by atoms with Crippen LogP contribution in [0, 0.1) is 18.5 Å². The Morgan fingerprint density at radius 2 is 1.81 bits per heavy atom. The van der Waals surface area contributed by atoms with Gasteiger partial charge in [0.1, 0.15) is 10.3 Å². The van der Waals surface area contributed by atoms with Crippen molar-refractivity contribution in [2.45, 2.75) is 27.9 Å². The van der Waals surface area contributed by atoms with Gasteiger partial charge in [-0.3, -0.25) is 0 Å². The Morgan fingerprint density at radius 1 is 1.19 bits per heavy atom. The number of hydrogen-bond acceptors (Lipinski definition) is 3. The second-order valence-electron chi connectivity index (χ2n) is 4.59. The summed E-state index contributed by atoms with van der Waals surface area (Å²) in [5.41, 5.74) is 3.30. The molecule has 0 spiro atoms. The molecular weight excluding hydrogens is 296 g/mol. The highest BCUT2D eigenvalue weighted by Gasteiger charge is 2.16. The third-order valence-electron chi connectivity index (χ3n) is 3.07. The first-order chi connectivity index (χ1) is 9.31. The minimum absolute atomic E-state index is 0. The molecule has 0 saturated heterocycles. The molecule has 0 N–H and O–H groups in total. The van der Waals surface area contributed by atoms with Gasteiger partial charge in [0.2, 0.25) is 5.88 Å². The Morgan fingerprint density at radius 3 is 2.38 bits per heavy atom. The predicted octanol–water partition coefficient (Wildman–Crippen LogP) is 4.01. The summed E-state index contributed by atoms with van der Waals surface area (Å²) in [5.74, 6) is 0.0147. The van der Waals surface area contributed by atoms with E-state index < -0.39 is 6.61 Å². The van der Waals surface area contributed by atoms with E-state index in [2.05, 4.69) is 9.84 Å². The Balaban J connectivity index is 0.00000220. The molecule has 21 heavy (non-hydrogen) atoms. The Hall–Kier alpha value is -1.76. The van der Waals surface area contributed by atoms with Crippen LogP contribution in [0.3, 0.4) is 0 Å². The van der Waals surface area contributed by atoms with Crippen molar-refractivity contribution in [1.82, 2.24) is 14.3 Å². The van der Waals surface area contributed by atoms with Gasteiger partial charge >= 0.3 is 6.61 Å². The number of aryl methyl sites for hydroxylation is 3. The fraction of sp³-hybridized carbons (Fsp3) is 0.429. The van der Waals surface area contributed by atoms with Crippen molar-refractivity contribution >= 4 is 12.2 Å². The quantitative estimate of drug-likeness (QED) is 0.802. The van der Waals surface area contributed by atoms with E-state index in [9.17, 15) is 8.78 Å².